The first-order valence-electron chi connectivity index (χ1n) is 8.28. The molecule has 110 valence electrons. The van der Waals surface area contributed by atoms with Crippen LogP contribution in [-0.2, 0) is 4.79 Å². The molecule has 0 aliphatic carbocycles. The summed E-state index contributed by atoms with van der Waals surface area (Å²) in [5.74, 6) is 1.98. The molecule has 2 aliphatic rings. The molecule has 19 heavy (non-hydrogen) atoms. The third-order valence-corrected chi connectivity index (χ3v) is 4.94. The highest BCUT2D eigenvalue weighted by atomic mass is 16.2. The van der Waals surface area contributed by atoms with E-state index in [0.29, 0.717) is 5.91 Å². The molecular formula is C16H30N2O. The van der Waals surface area contributed by atoms with Crippen molar-refractivity contribution >= 4 is 5.91 Å². The van der Waals surface area contributed by atoms with Crippen molar-refractivity contribution < 1.29 is 4.79 Å². The second kappa shape index (κ2) is 7.88. The smallest absolute Gasteiger partial charge is 0.222 e. The topological polar surface area (TPSA) is 32.3 Å². The van der Waals surface area contributed by atoms with Gasteiger partial charge in [-0.25, -0.2) is 0 Å². The van der Waals surface area contributed by atoms with Crippen LogP contribution in [0.15, 0.2) is 0 Å². The van der Waals surface area contributed by atoms with E-state index in [0.717, 1.165) is 50.9 Å². The van der Waals surface area contributed by atoms with Crippen LogP contribution in [0.5, 0.6) is 0 Å². The minimum Gasteiger partial charge on any atom is -0.343 e. The fraction of sp³-hybridized carbons (Fsp3) is 0.938. The Morgan fingerprint density at radius 3 is 2.74 bits per heavy atom. The molecule has 2 aliphatic heterocycles. The zero-order chi connectivity index (χ0) is 13.5. The lowest BCUT2D eigenvalue weighted by atomic mass is 9.94. The average Bonchev–Trinajstić information content (AvgIpc) is 2.71. The van der Waals surface area contributed by atoms with Gasteiger partial charge in [0.25, 0.3) is 0 Å². The van der Waals surface area contributed by atoms with Gasteiger partial charge in [-0.3, -0.25) is 4.79 Å². The number of rotatable bonds is 4. The first-order valence-corrected chi connectivity index (χ1v) is 8.28. The maximum absolute atomic E-state index is 12.3. The number of hydrogen-bond acceptors (Lipinski definition) is 2. The Kier molecular flexibility index (Phi) is 6.15. The van der Waals surface area contributed by atoms with Crippen molar-refractivity contribution in [2.24, 2.45) is 11.8 Å². The number of piperidine rings is 1. The quantitative estimate of drug-likeness (QED) is 0.848. The number of likely N-dealkylation sites (tertiary alicyclic amines) is 1. The minimum atomic E-state index is 0.405. The van der Waals surface area contributed by atoms with Crippen LogP contribution in [0, 0.1) is 11.8 Å². The van der Waals surface area contributed by atoms with E-state index in [1.54, 1.807) is 0 Å². The summed E-state index contributed by atoms with van der Waals surface area (Å²) in [4.78, 5) is 14.4. The summed E-state index contributed by atoms with van der Waals surface area (Å²) in [5.41, 5.74) is 0. The van der Waals surface area contributed by atoms with E-state index in [-0.39, 0.29) is 0 Å². The predicted octanol–water partition coefficient (Wildman–Crippen LogP) is 2.80. The van der Waals surface area contributed by atoms with E-state index < -0.39 is 0 Å². The van der Waals surface area contributed by atoms with Gasteiger partial charge in [0.2, 0.25) is 5.91 Å². The van der Waals surface area contributed by atoms with E-state index in [1.165, 1.54) is 38.5 Å². The lowest BCUT2D eigenvalue weighted by Gasteiger charge is -2.25. The van der Waals surface area contributed by atoms with Crippen molar-refractivity contribution in [2.75, 3.05) is 26.2 Å². The molecule has 3 nitrogen and oxygen atoms in total. The van der Waals surface area contributed by atoms with Crippen LogP contribution in [0.25, 0.3) is 0 Å². The number of hydrogen-bond donors (Lipinski definition) is 1. The van der Waals surface area contributed by atoms with Gasteiger partial charge in [0.15, 0.2) is 0 Å². The van der Waals surface area contributed by atoms with Crippen LogP contribution in [0.4, 0.5) is 0 Å². The molecule has 3 heteroatoms. The maximum Gasteiger partial charge on any atom is 0.222 e. The van der Waals surface area contributed by atoms with Crippen molar-refractivity contribution in [3.8, 4) is 0 Å². The predicted molar refractivity (Wildman–Crippen MR) is 79.0 cm³/mol. The van der Waals surface area contributed by atoms with Crippen LogP contribution in [0.3, 0.4) is 0 Å². The Bertz CT molecular complexity index is 274. The van der Waals surface area contributed by atoms with Gasteiger partial charge in [-0.1, -0.05) is 13.3 Å². The van der Waals surface area contributed by atoms with Crippen molar-refractivity contribution in [1.82, 2.24) is 10.2 Å². The Balaban J connectivity index is 1.70. The van der Waals surface area contributed by atoms with Crippen LogP contribution in [0.2, 0.25) is 0 Å². The molecule has 0 aromatic heterocycles. The van der Waals surface area contributed by atoms with E-state index in [2.05, 4.69) is 17.1 Å². The number of amides is 1. The molecule has 0 aromatic rings. The van der Waals surface area contributed by atoms with Crippen LogP contribution in [0.1, 0.15) is 58.3 Å². The van der Waals surface area contributed by atoms with Crippen LogP contribution in [-0.4, -0.2) is 37.0 Å². The number of carbonyl (C=O) groups is 1. The molecule has 0 spiro atoms. The number of nitrogens with zero attached hydrogens (tertiary/aromatic N) is 1. The molecule has 1 amide bonds. The van der Waals surface area contributed by atoms with Gasteiger partial charge >= 0.3 is 0 Å². The molecule has 0 saturated carbocycles. The second-order valence-electron chi connectivity index (χ2n) is 6.34. The Labute approximate surface area is 118 Å². The van der Waals surface area contributed by atoms with Gasteiger partial charge < -0.3 is 10.2 Å². The second-order valence-corrected chi connectivity index (χ2v) is 6.34. The third kappa shape index (κ3) is 4.79. The summed E-state index contributed by atoms with van der Waals surface area (Å²) in [5, 5.41) is 3.44. The van der Waals surface area contributed by atoms with E-state index in [1.807, 2.05) is 0 Å². The summed E-state index contributed by atoms with van der Waals surface area (Å²) in [6, 6.07) is 0. The summed E-state index contributed by atoms with van der Waals surface area (Å²) < 4.78 is 0. The molecule has 1 N–H and O–H groups in total. The largest absolute Gasteiger partial charge is 0.343 e. The van der Waals surface area contributed by atoms with Crippen molar-refractivity contribution in [2.45, 2.75) is 58.3 Å². The molecule has 2 fully saturated rings. The molecule has 2 heterocycles. The highest BCUT2D eigenvalue weighted by molar-refractivity contribution is 5.76. The van der Waals surface area contributed by atoms with Gasteiger partial charge in [0.05, 0.1) is 0 Å². The van der Waals surface area contributed by atoms with Gasteiger partial charge in [-0.2, -0.15) is 0 Å². The lowest BCUT2D eigenvalue weighted by molar-refractivity contribution is -0.131. The van der Waals surface area contributed by atoms with Crippen molar-refractivity contribution in [3.05, 3.63) is 0 Å². The highest BCUT2D eigenvalue weighted by Crippen LogP contribution is 2.22. The average molecular weight is 266 g/mol. The fourth-order valence-electron chi connectivity index (χ4n) is 3.48. The summed E-state index contributed by atoms with van der Waals surface area (Å²) in [6.45, 7) is 6.55. The van der Waals surface area contributed by atoms with E-state index in [4.69, 9.17) is 0 Å². The molecule has 2 atom stereocenters. The molecule has 0 bridgehead atoms. The highest BCUT2D eigenvalue weighted by Gasteiger charge is 2.21. The van der Waals surface area contributed by atoms with Gasteiger partial charge in [-0.05, 0) is 63.5 Å². The summed E-state index contributed by atoms with van der Waals surface area (Å²) in [6.07, 6.45) is 9.44. The van der Waals surface area contributed by atoms with Gasteiger partial charge in [0.1, 0.15) is 0 Å². The Morgan fingerprint density at radius 1 is 1.16 bits per heavy atom. The monoisotopic (exact) mass is 266 g/mol. The Morgan fingerprint density at radius 2 is 2.00 bits per heavy atom. The molecule has 0 aromatic carbocycles. The minimum absolute atomic E-state index is 0.405. The fourth-order valence-corrected chi connectivity index (χ4v) is 3.48. The van der Waals surface area contributed by atoms with E-state index in [9.17, 15) is 4.79 Å². The molecular weight excluding hydrogens is 236 g/mol. The zero-order valence-corrected chi connectivity index (χ0v) is 12.5. The van der Waals surface area contributed by atoms with Crippen LogP contribution < -0.4 is 5.32 Å². The van der Waals surface area contributed by atoms with Gasteiger partial charge in [-0.15, -0.1) is 0 Å². The number of carbonyl (C=O) groups excluding carboxylic acids is 1. The summed E-state index contributed by atoms with van der Waals surface area (Å²) >= 11 is 0. The van der Waals surface area contributed by atoms with Crippen LogP contribution >= 0.6 is 0 Å². The summed E-state index contributed by atoms with van der Waals surface area (Å²) in [7, 11) is 0. The SMILES string of the molecule is CCC1CCCN(C(=O)CCC2CCCNC2)CC1. The first kappa shape index (κ1) is 14.8. The first-order chi connectivity index (χ1) is 9.29. The number of nitrogens with one attached hydrogen (secondary N) is 1. The molecule has 2 rings (SSSR count). The standard InChI is InChI=1S/C16H30N2O/c1-2-14-6-4-11-18(12-9-14)16(19)8-7-15-5-3-10-17-13-15/h14-15,17H,2-13H2,1H3. The van der Waals surface area contributed by atoms with E-state index >= 15 is 0 Å². The Hall–Kier alpha value is -0.570. The van der Waals surface area contributed by atoms with Crippen molar-refractivity contribution in [1.29, 1.82) is 0 Å². The van der Waals surface area contributed by atoms with Crippen molar-refractivity contribution in [3.63, 3.8) is 0 Å². The third-order valence-electron chi connectivity index (χ3n) is 4.94. The lowest BCUT2D eigenvalue weighted by Crippen LogP contribution is -2.34. The molecule has 2 saturated heterocycles. The van der Waals surface area contributed by atoms with Gasteiger partial charge in [0, 0.05) is 19.5 Å². The zero-order valence-electron chi connectivity index (χ0n) is 12.5. The molecule has 0 radical (unpaired) electrons. The maximum atomic E-state index is 12.3. The normalized spacial score (nSPS) is 29.0. The molecule has 2 unspecified atom stereocenters.